The van der Waals surface area contributed by atoms with E-state index in [0.29, 0.717) is 38.1 Å². The van der Waals surface area contributed by atoms with Crippen molar-refractivity contribution in [3.63, 3.8) is 0 Å². The van der Waals surface area contributed by atoms with Gasteiger partial charge in [-0.15, -0.1) is 0 Å². The molecular formula is C15H22ClNO4. The third kappa shape index (κ3) is 5.36. The smallest absolute Gasteiger partial charge is 0.162 e. The van der Waals surface area contributed by atoms with Gasteiger partial charge in [-0.05, 0) is 18.1 Å². The number of nitrogens with one attached hydrogen (secondary N) is 1. The maximum absolute atomic E-state index is 6.24. The van der Waals surface area contributed by atoms with Crippen molar-refractivity contribution in [3.05, 3.63) is 22.7 Å². The van der Waals surface area contributed by atoms with Gasteiger partial charge in [0.1, 0.15) is 13.2 Å². The first-order chi connectivity index (χ1) is 10.3. The van der Waals surface area contributed by atoms with Gasteiger partial charge in [0.05, 0.1) is 19.8 Å². The number of hydrogen-bond acceptors (Lipinski definition) is 5. The molecule has 0 bridgehead atoms. The Balaban J connectivity index is 1.68. The van der Waals surface area contributed by atoms with Crippen molar-refractivity contribution in [1.82, 2.24) is 5.32 Å². The fraction of sp³-hybridized carbons (Fsp3) is 0.600. The van der Waals surface area contributed by atoms with Gasteiger partial charge in [-0.25, -0.2) is 0 Å². The first kappa shape index (κ1) is 16.4. The largest absolute Gasteiger partial charge is 0.486 e. The molecule has 0 aliphatic carbocycles. The van der Waals surface area contributed by atoms with Crippen LogP contribution in [0, 0.1) is 0 Å². The Kier molecular flexibility index (Phi) is 7.09. The Bertz CT molecular complexity index is 442. The number of ether oxygens (including phenoxy) is 4. The van der Waals surface area contributed by atoms with Gasteiger partial charge in [0.25, 0.3) is 0 Å². The van der Waals surface area contributed by atoms with Crippen LogP contribution in [-0.4, -0.2) is 53.2 Å². The van der Waals surface area contributed by atoms with Crippen LogP contribution in [0.2, 0.25) is 5.02 Å². The highest BCUT2D eigenvalue weighted by Crippen LogP contribution is 2.35. The minimum atomic E-state index is 0.571. The summed E-state index contributed by atoms with van der Waals surface area (Å²) in [6, 6.07) is 3.76. The normalized spacial score (nSPS) is 13.4. The van der Waals surface area contributed by atoms with Crippen molar-refractivity contribution >= 4 is 11.6 Å². The van der Waals surface area contributed by atoms with Gasteiger partial charge in [-0.1, -0.05) is 11.6 Å². The molecule has 2 rings (SSSR count). The Morgan fingerprint density at radius 2 is 1.81 bits per heavy atom. The number of hydrogen-bond donors (Lipinski definition) is 1. The molecular weight excluding hydrogens is 294 g/mol. The highest BCUT2D eigenvalue weighted by atomic mass is 35.5. The second kappa shape index (κ2) is 9.10. The fourth-order valence-corrected chi connectivity index (χ4v) is 2.27. The summed E-state index contributed by atoms with van der Waals surface area (Å²) in [4.78, 5) is 0. The monoisotopic (exact) mass is 315 g/mol. The summed E-state index contributed by atoms with van der Waals surface area (Å²) in [7, 11) is 1.69. The van der Waals surface area contributed by atoms with Gasteiger partial charge in [0.2, 0.25) is 0 Å². The van der Waals surface area contributed by atoms with E-state index in [1.807, 2.05) is 12.1 Å². The summed E-state index contributed by atoms with van der Waals surface area (Å²) >= 11 is 6.24. The van der Waals surface area contributed by atoms with Crippen LogP contribution in [0.25, 0.3) is 0 Å². The van der Waals surface area contributed by atoms with E-state index >= 15 is 0 Å². The second-order valence-electron chi connectivity index (χ2n) is 4.69. The van der Waals surface area contributed by atoms with Crippen molar-refractivity contribution in [2.75, 3.05) is 53.2 Å². The number of rotatable bonds is 9. The van der Waals surface area contributed by atoms with E-state index in [0.717, 1.165) is 36.6 Å². The molecule has 0 amide bonds. The molecule has 6 heteroatoms. The molecule has 0 saturated heterocycles. The average molecular weight is 316 g/mol. The number of halogens is 1. The van der Waals surface area contributed by atoms with Crippen molar-refractivity contribution < 1.29 is 18.9 Å². The summed E-state index contributed by atoms with van der Waals surface area (Å²) in [6.45, 7) is 4.83. The molecule has 0 radical (unpaired) electrons. The molecule has 0 spiro atoms. The minimum absolute atomic E-state index is 0.571. The van der Waals surface area contributed by atoms with Crippen LogP contribution >= 0.6 is 11.6 Å². The number of methoxy groups -OCH3 is 1. The van der Waals surface area contributed by atoms with E-state index in [1.54, 1.807) is 7.11 Å². The van der Waals surface area contributed by atoms with Crippen LogP contribution in [0.3, 0.4) is 0 Å². The molecule has 0 saturated carbocycles. The molecule has 118 valence electrons. The summed E-state index contributed by atoms with van der Waals surface area (Å²) in [5.41, 5.74) is 1.02. The molecule has 5 nitrogen and oxygen atoms in total. The van der Waals surface area contributed by atoms with Gasteiger partial charge < -0.3 is 24.3 Å². The van der Waals surface area contributed by atoms with Gasteiger partial charge in [0, 0.05) is 31.3 Å². The first-order valence-corrected chi connectivity index (χ1v) is 7.54. The number of fused-ring (bicyclic) bond motifs is 1. The summed E-state index contributed by atoms with van der Waals surface area (Å²) in [6.07, 6.45) is 0.757. The van der Waals surface area contributed by atoms with Crippen LogP contribution in [-0.2, 0) is 15.9 Å². The van der Waals surface area contributed by atoms with Gasteiger partial charge >= 0.3 is 0 Å². The molecule has 0 unspecified atom stereocenters. The SMILES string of the molecule is COCCNCCOCCc1cc2c(cc1Cl)OCCO2. The maximum Gasteiger partial charge on any atom is 0.162 e. The molecule has 1 aliphatic rings. The van der Waals surface area contributed by atoms with Crippen molar-refractivity contribution in [1.29, 1.82) is 0 Å². The van der Waals surface area contributed by atoms with Gasteiger partial charge in [0.15, 0.2) is 11.5 Å². The second-order valence-corrected chi connectivity index (χ2v) is 5.10. The van der Waals surface area contributed by atoms with Crippen LogP contribution in [0.1, 0.15) is 5.56 Å². The van der Waals surface area contributed by atoms with E-state index < -0.39 is 0 Å². The third-order valence-electron chi connectivity index (χ3n) is 3.13. The Morgan fingerprint density at radius 3 is 2.57 bits per heavy atom. The molecule has 1 aromatic carbocycles. The summed E-state index contributed by atoms with van der Waals surface area (Å²) < 4.78 is 21.6. The van der Waals surface area contributed by atoms with Crippen molar-refractivity contribution in [3.8, 4) is 11.5 Å². The zero-order chi connectivity index (χ0) is 14.9. The van der Waals surface area contributed by atoms with E-state index in [9.17, 15) is 0 Å². The third-order valence-corrected chi connectivity index (χ3v) is 3.48. The molecule has 1 aliphatic heterocycles. The quantitative estimate of drug-likeness (QED) is 0.705. The molecule has 1 heterocycles. The van der Waals surface area contributed by atoms with E-state index in [1.165, 1.54) is 0 Å². The molecule has 0 atom stereocenters. The molecule has 21 heavy (non-hydrogen) atoms. The molecule has 0 fully saturated rings. The Labute approximate surface area is 130 Å². The first-order valence-electron chi connectivity index (χ1n) is 7.16. The van der Waals surface area contributed by atoms with Crippen LogP contribution in [0.15, 0.2) is 12.1 Å². The van der Waals surface area contributed by atoms with E-state index in [-0.39, 0.29) is 0 Å². The van der Waals surface area contributed by atoms with Crippen LogP contribution in [0.4, 0.5) is 0 Å². The zero-order valence-corrected chi connectivity index (χ0v) is 13.1. The van der Waals surface area contributed by atoms with Crippen molar-refractivity contribution in [2.45, 2.75) is 6.42 Å². The predicted molar refractivity (Wildman–Crippen MR) is 81.7 cm³/mol. The van der Waals surface area contributed by atoms with E-state index in [2.05, 4.69) is 5.32 Å². The topological polar surface area (TPSA) is 49.0 Å². The summed E-state index contributed by atoms with van der Waals surface area (Å²) in [5, 5.41) is 3.92. The molecule has 1 N–H and O–H groups in total. The fourth-order valence-electron chi connectivity index (χ4n) is 2.03. The highest BCUT2D eigenvalue weighted by Gasteiger charge is 2.14. The Morgan fingerprint density at radius 1 is 1.10 bits per heavy atom. The predicted octanol–water partition coefficient (Wildman–Crippen LogP) is 1.91. The maximum atomic E-state index is 6.24. The van der Waals surface area contributed by atoms with Gasteiger partial charge in [-0.2, -0.15) is 0 Å². The summed E-state index contributed by atoms with van der Waals surface area (Å²) in [5.74, 6) is 1.49. The van der Waals surface area contributed by atoms with Gasteiger partial charge in [-0.3, -0.25) is 0 Å². The average Bonchev–Trinajstić information content (AvgIpc) is 2.50. The molecule has 0 aromatic heterocycles. The zero-order valence-electron chi connectivity index (χ0n) is 12.3. The lowest BCUT2D eigenvalue weighted by molar-refractivity contribution is 0.135. The van der Waals surface area contributed by atoms with Crippen LogP contribution < -0.4 is 14.8 Å². The number of benzene rings is 1. The Hall–Kier alpha value is -1.01. The van der Waals surface area contributed by atoms with Crippen LogP contribution in [0.5, 0.6) is 11.5 Å². The van der Waals surface area contributed by atoms with Crippen molar-refractivity contribution in [2.24, 2.45) is 0 Å². The lowest BCUT2D eigenvalue weighted by Gasteiger charge is -2.19. The lowest BCUT2D eigenvalue weighted by atomic mass is 10.1. The molecule has 1 aromatic rings. The lowest BCUT2D eigenvalue weighted by Crippen LogP contribution is -2.23. The standard InChI is InChI=1S/C15H22ClNO4/c1-18-6-3-17-4-7-19-5-2-12-10-14-15(11-13(12)16)21-9-8-20-14/h10-11,17H,2-9H2,1H3. The highest BCUT2D eigenvalue weighted by molar-refractivity contribution is 6.31. The van der Waals surface area contributed by atoms with E-state index in [4.69, 9.17) is 30.5 Å². The minimum Gasteiger partial charge on any atom is -0.486 e.